The first-order valence-electron chi connectivity index (χ1n) is 3.44. The van der Waals surface area contributed by atoms with Gasteiger partial charge < -0.3 is 11.5 Å². The molecule has 0 aromatic carbocycles. The maximum atomic E-state index is 12.4. The monoisotopic (exact) mass is 207 g/mol. The van der Waals surface area contributed by atoms with Crippen LogP contribution in [0.1, 0.15) is 17.7 Å². The first-order chi connectivity index (χ1) is 6.07. The van der Waals surface area contributed by atoms with Crippen LogP contribution < -0.4 is 11.5 Å². The zero-order chi connectivity index (χ0) is 10.0. The van der Waals surface area contributed by atoms with Crippen LogP contribution in [0, 0.1) is 0 Å². The third-order valence-corrected chi connectivity index (χ3v) is 1.87. The molecule has 0 saturated heterocycles. The molecular weight excluding hydrogens is 200 g/mol. The Morgan fingerprint density at radius 1 is 1.46 bits per heavy atom. The molecular formula is C7H8ClF2N3. The SMILES string of the molecule is Nc1cnc(CCl)c(N)c1C(F)F. The standard InChI is InChI=1S/C7H8ClF2N3/c8-1-4-6(12)5(7(9)10)3(11)2-13-4/h2,7H,1,11-12H2. The molecule has 6 heteroatoms. The average Bonchev–Trinajstić information content (AvgIpc) is 2.04. The molecule has 13 heavy (non-hydrogen) atoms. The van der Waals surface area contributed by atoms with E-state index in [4.69, 9.17) is 23.1 Å². The van der Waals surface area contributed by atoms with Gasteiger partial charge in [-0.15, -0.1) is 11.6 Å². The van der Waals surface area contributed by atoms with Crippen molar-refractivity contribution in [2.75, 3.05) is 11.5 Å². The minimum Gasteiger partial charge on any atom is -0.397 e. The van der Waals surface area contributed by atoms with Crippen molar-refractivity contribution in [2.24, 2.45) is 0 Å². The normalized spacial score (nSPS) is 10.8. The molecule has 0 bridgehead atoms. The molecule has 0 fully saturated rings. The Kier molecular flexibility index (Phi) is 2.87. The smallest absolute Gasteiger partial charge is 0.267 e. The van der Waals surface area contributed by atoms with E-state index in [1.807, 2.05) is 0 Å². The summed E-state index contributed by atoms with van der Waals surface area (Å²) in [7, 11) is 0. The minimum atomic E-state index is -2.70. The number of nitrogens with two attached hydrogens (primary N) is 2. The van der Waals surface area contributed by atoms with Crippen LogP contribution in [0.2, 0.25) is 0 Å². The molecule has 0 unspecified atom stereocenters. The van der Waals surface area contributed by atoms with Gasteiger partial charge in [-0.3, -0.25) is 4.98 Å². The average molecular weight is 208 g/mol. The first-order valence-corrected chi connectivity index (χ1v) is 3.98. The number of halogens is 3. The van der Waals surface area contributed by atoms with Gasteiger partial charge in [-0.25, -0.2) is 8.78 Å². The second kappa shape index (κ2) is 3.74. The highest BCUT2D eigenvalue weighted by atomic mass is 35.5. The predicted molar refractivity (Wildman–Crippen MR) is 47.6 cm³/mol. The van der Waals surface area contributed by atoms with E-state index in [1.165, 1.54) is 0 Å². The summed E-state index contributed by atoms with van der Waals surface area (Å²) in [6.45, 7) is 0. The second-order valence-electron chi connectivity index (χ2n) is 2.42. The van der Waals surface area contributed by atoms with Crippen LogP contribution in [0.15, 0.2) is 6.20 Å². The van der Waals surface area contributed by atoms with Crippen LogP contribution in [0.5, 0.6) is 0 Å². The van der Waals surface area contributed by atoms with E-state index in [9.17, 15) is 8.78 Å². The number of hydrogen-bond donors (Lipinski definition) is 2. The van der Waals surface area contributed by atoms with E-state index in [-0.39, 0.29) is 28.5 Å². The van der Waals surface area contributed by atoms with E-state index in [0.29, 0.717) is 0 Å². The Morgan fingerprint density at radius 2 is 2.08 bits per heavy atom. The summed E-state index contributed by atoms with van der Waals surface area (Å²) < 4.78 is 24.7. The fourth-order valence-electron chi connectivity index (χ4n) is 0.948. The number of aromatic nitrogens is 1. The highest BCUT2D eigenvalue weighted by Crippen LogP contribution is 2.31. The lowest BCUT2D eigenvalue weighted by atomic mass is 10.1. The fourth-order valence-corrected chi connectivity index (χ4v) is 1.16. The molecule has 0 saturated carbocycles. The summed E-state index contributed by atoms with van der Waals surface area (Å²) in [4.78, 5) is 3.72. The molecule has 1 rings (SSSR count). The van der Waals surface area contributed by atoms with Crippen molar-refractivity contribution < 1.29 is 8.78 Å². The molecule has 72 valence electrons. The minimum absolute atomic E-state index is 0.00810. The summed E-state index contributed by atoms with van der Waals surface area (Å²) in [6, 6.07) is 0. The van der Waals surface area contributed by atoms with Crippen LogP contribution in [0.4, 0.5) is 20.2 Å². The third-order valence-electron chi connectivity index (χ3n) is 1.62. The van der Waals surface area contributed by atoms with Crippen LogP contribution in [-0.2, 0) is 5.88 Å². The van der Waals surface area contributed by atoms with Gasteiger partial charge >= 0.3 is 0 Å². The molecule has 0 aliphatic carbocycles. The second-order valence-corrected chi connectivity index (χ2v) is 2.69. The molecule has 1 aromatic heterocycles. The third kappa shape index (κ3) is 1.80. The zero-order valence-corrected chi connectivity index (χ0v) is 7.35. The molecule has 1 aromatic rings. The van der Waals surface area contributed by atoms with Crippen LogP contribution in [-0.4, -0.2) is 4.98 Å². The lowest BCUT2D eigenvalue weighted by molar-refractivity contribution is 0.153. The molecule has 0 aliphatic heterocycles. The van der Waals surface area contributed by atoms with Crippen LogP contribution in [0.25, 0.3) is 0 Å². The Bertz CT molecular complexity index is 317. The van der Waals surface area contributed by atoms with Gasteiger partial charge in [-0.1, -0.05) is 0 Å². The van der Waals surface area contributed by atoms with Crippen molar-refractivity contribution in [3.05, 3.63) is 17.5 Å². The highest BCUT2D eigenvalue weighted by Gasteiger charge is 2.18. The van der Waals surface area contributed by atoms with Crippen molar-refractivity contribution >= 4 is 23.0 Å². The Labute approximate surface area is 78.7 Å². The van der Waals surface area contributed by atoms with Crippen molar-refractivity contribution in [1.82, 2.24) is 4.98 Å². The van der Waals surface area contributed by atoms with Crippen molar-refractivity contribution in [1.29, 1.82) is 0 Å². The lowest BCUT2D eigenvalue weighted by Crippen LogP contribution is -2.05. The maximum Gasteiger partial charge on any atom is 0.267 e. The number of alkyl halides is 3. The largest absolute Gasteiger partial charge is 0.397 e. The number of nitrogen functional groups attached to an aromatic ring is 2. The maximum absolute atomic E-state index is 12.4. The first kappa shape index (κ1) is 9.98. The van der Waals surface area contributed by atoms with Gasteiger partial charge in [0, 0.05) is 0 Å². The molecule has 0 amide bonds. The van der Waals surface area contributed by atoms with Gasteiger partial charge in [0.1, 0.15) is 0 Å². The van der Waals surface area contributed by atoms with Gasteiger partial charge in [-0.2, -0.15) is 0 Å². The fraction of sp³-hybridized carbons (Fsp3) is 0.286. The summed E-state index contributed by atoms with van der Waals surface area (Å²) in [5.41, 5.74) is 10.3. The van der Waals surface area contributed by atoms with Crippen molar-refractivity contribution in [3.8, 4) is 0 Å². The molecule has 4 N–H and O–H groups in total. The number of pyridine rings is 1. The van der Waals surface area contributed by atoms with Gasteiger partial charge in [0.2, 0.25) is 0 Å². The molecule has 0 atom stereocenters. The van der Waals surface area contributed by atoms with E-state index in [1.54, 1.807) is 0 Å². The topological polar surface area (TPSA) is 64.9 Å². The number of anilines is 2. The highest BCUT2D eigenvalue weighted by molar-refractivity contribution is 6.17. The molecule has 0 aliphatic rings. The Hall–Kier alpha value is -1.10. The van der Waals surface area contributed by atoms with Crippen molar-refractivity contribution in [3.63, 3.8) is 0 Å². The van der Waals surface area contributed by atoms with E-state index >= 15 is 0 Å². The quantitative estimate of drug-likeness (QED) is 0.729. The summed E-state index contributed by atoms with van der Waals surface area (Å²) in [5, 5.41) is 0. The lowest BCUT2D eigenvalue weighted by Gasteiger charge is -2.10. The summed E-state index contributed by atoms with van der Waals surface area (Å²) >= 11 is 5.43. The Balaban J connectivity index is 3.30. The van der Waals surface area contributed by atoms with Gasteiger partial charge in [0.15, 0.2) is 0 Å². The van der Waals surface area contributed by atoms with Gasteiger partial charge in [0.05, 0.1) is 34.7 Å². The van der Waals surface area contributed by atoms with E-state index in [2.05, 4.69) is 4.98 Å². The van der Waals surface area contributed by atoms with Gasteiger partial charge in [-0.05, 0) is 0 Å². The zero-order valence-electron chi connectivity index (χ0n) is 6.60. The molecule has 1 heterocycles. The summed E-state index contributed by atoms with van der Waals surface area (Å²) in [5.74, 6) is -0.00810. The molecule has 3 nitrogen and oxygen atoms in total. The van der Waals surface area contributed by atoms with Crippen LogP contribution >= 0.6 is 11.6 Å². The summed E-state index contributed by atoms with van der Waals surface area (Å²) in [6.07, 6.45) is -1.57. The van der Waals surface area contributed by atoms with E-state index < -0.39 is 6.43 Å². The molecule has 0 spiro atoms. The van der Waals surface area contributed by atoms with E-state index in [0.717, 1.165) is 6.20 Å². The predicted octanol–water partition coefficient (Wildman–Crippen LogP) is 1.92. The molecule has 0 radical (unpaired) electrons. The number of nitrogens with zero attached hydrogens (tertiary/aromatic N) is 1. The van der Waals surface area contributed by atoms with Crippen LogP contribution in [0.3, 0.4) is 0 Å². The van der Waals surface area contributed by atoms with Crippen molar-refractivity contribution in [2.45, 2.75) is 12.3 Å². The van der Waals surface area contributed by atoms with Gasteiger partial charge in [0.25, 0.3) is 6.43 Å². The number of hydrogen-bond acceptors (Lipinski definition) is 3. The Morgan fingerprint density at radius 3 is 2.54 bits per heavy atom. The number of rotatable bonds is 2.